The van der Waals surface area contributed by atoms with Crippen molar-refractivity contribution in [2.45, 2.75) is 11.8 Å². The van der Waals surface area contributed by atoms with E-state index in [0.29, 0.717) is 0 Å². The summed E-state index contributed by atoms with van der Waals surface area (Å²) in [5, 5.41) is 0. The second kappa shape index (κ2) is 12.0. The molecule has 0 bridgehead atoms. The van der Waals surface area contributed by atoms with Gasteiger partial charge in [0.05, 0.1) is 4.90 Å². The predicted molar refractivity (Wildman–Crippen MR) is 44.6 cm³/mol. The predicted octanol–water partition coefficient (Wildman–Crippen LogP) is -8.57. The quantitative estimate of drug-likeness (QED) is 0.402. The largest absolute Gasteiger partial charge is 3.00 e. The molecule has 0 aliphatic carbocycles. The summed E-state index contributed by atoms with van der Waals surface area (Å²) >= 11 is 0. The van der Waals surface area contributed by atoms with Gasteiger partial charge < -0.3 is 42.7 Å². The van der Waals surface area contributed by atoms with E-state index in [-0.39, 0.29) is 64.7 Å². The number of benzene rings is 1. The van der Waals surface area contributed by atoms with Crippen LogP contribution in [0.1, 0.15) is 5.56 Å². The normalized spacial score (nSPS) is 7.88. The summed E-state index contributed by atoms with van der Waals surface area (Å²) in [5.41, 5.74) is 0.956. The van der Waals surface area contributed by atoms with Gasteiger partial charge in [-0.25, -0.2) is 0 Å². The second-order valence-corrected chi connectivity index (χ2v) is 3.71. The molecule has 0 saturated heterocycles. The summed E-state index contributed by atoms with van der Waals surface area (Å²) in [7, 11) is -4.02. The van der Waals surface area contributed by atoms with Crippen molar-refractivity contribution in [1.82, 2.24) is 0 Å². The van der Waals surface area contributed by atoms with E-state index in [4.69, 9.17) is 4.55 Å². The van der Waals surface area contributed by atoms with Gasteiger partial charge in [-0.1, -0.05) is 17.7 Å². The average molecular weight is 352 g/mol. The van der Waals surface area contributed by atoms with Gasteiger partial charge in [0.15, 0.2) is 0 Å². The monoisotopic (exact) mass is 351 g/mol. The molecule has 0 amide bonds. The van der Waals surface area contributed by atoms with Crippen molar-refractivity contribution in [3.63, 3.8) is 0 Å². The molecule has 9 heteroatoms. The first kappa shape index (κ1) is 30.0. The van der Waals surface area contributed by atoms with Crippen molar-refractivity contribution in [1.29, 1.82) is 0 Å². The van der Waals surface area contributed by atoms with Crippen LogP contribution in [0.3, 0.4) is 0 Å². The molecule has 0 heterocycles. The minimum atomic E-state index is -4.02. The Balaban J connectivity index is -0.0000000807. The fraction of sp³-hybridized carbons (Fsp3) is 0.143. The molecule has 1 aromatic carbocycles. The third-order valence-electron chi connectivity index (χ3n) is 1.32. The fourth-order valence-electron chi connectivity index (χ4n) is 0.710. The number of aryl methyl sites for hydroxylation is 1. The third kappa shape index (κ3) is 9.69. The zero-order chi connectivity index (χ0) is 8.48. The molecule has 0 aromatic heterocycles. The van der Waals surface area contributed by atoms with Gasteiger partial charge in [-0.05, 0) is 19.1 Å². The molecular weight excluding hydrogens is 342 g/mol. The molecule has 0 spiro atoms. The van der Waals surface area contributed by atoms with E-state index < -0.39 is 10.1 Å². The van der Waals surface area contributed by atoms with Crippen molar-refractivity contribution in [2.75, 3.05) is 0 Å². The summed E-state index contributed by atoms with van der Waals surface area (Å²) in [5.74, 6) is 0. The molecule has 0 aliphatic heterocycles. The topological polar surface area (TPSA) is 85.9 Å². The van der Waals surface area contributed by atoms with Crippen LogP contribution in [0.15, 0.2) is 29.2 Å². The van der Waals surface area contributed by atoms with Gasteiger partial charge in [-0.2, -0.15) is 8.42 Å². The molecule has 97 valence electrons. The van der Waals surface area contributed by atoms with Crippen molar-refractivity contribution >= 4 is 10.1 Å². The van der Waals surface area contributed by atoms with Crippen molar-refractivity contribution < 1.29 is 72.7 Å². The van der Waals surface area contributed by atoms with Crippen molar-refractivity contribution in [3.8, 4) is 0 Å². The SMILES string of the molecule is Cc1ccc(S(=O)(=O)O)cc1.O.[Cl-].[Cl-].[Cl-].[Fe+3]. The number of hydrogen-bond donors (Lipinski definition) is 1. The van der Waals surface area contributed by atoms with Gasteiger partial charge in [0.25, 0.3) is 10.1 Å². The minimum Gasteiger partial charge on any atom is -1.00 e. The zero-order valence-corrected chi connectivity index (χ0v) is 12.2. The molecule has 4 nitrogen and oxygen atoms in total. The van der Waals surface area contributed by atoms with E-state index in [9.17, 15) is 8.42 Å². The molecule has 1 rings (SSSR count). The summed E-state index contributed by atoms with van der Waals surface area (Å²) in [6.07, 6.45) is 0. The summed E-state index contributed by atoms with van der Waals surface area (Å²) in [6.45, 7) is 1.84. The Morgan fingerprint density at radius 1 is 1.00 bits per heavy atom. The van der Waals surface area contributed by atoms with Crippen molar-refractivity contribution in [2.24, 2.45) is 0 Å². The van der Waals surface area contributed by atoms with E-state index in [1.165, 1.54) is 12.1 Å². The van der Waals surface area contributed by atoms with Crippen LogP contribution in [-0.2, 0) is 27.2 Å². The van der Waals surface area contributed by atoms with E-state index >= 15 is 0 Å². The van der Waals surface area contributed by atoms with Gasteiger partial charge in [0, 0.05) is 0 Å². The van der Waals surface area contributed by atoms with Crippen molar-refractivity contribution in [3.05, 3.63) is 29.8 Å². The first-order valence-corrected chi connectivity index (χ1v) is 4.48. The Kier molecular flexibility index (Phi) is 22.4. The Morgan fingerprint density at radius 3 is 1.56 bits per heavy atom. The van der Waals surface area contributed by atoms with Crippen LogP contribution in [0.2, 0.25) is 0 Å². The molecule has 1 aromatic rings. The number of rotatable bonds is 1. The Labute approximate surface area is 124 Å². The Hall–Kier alpha value is 0.479. The van der Waals surface area contributed by atoms with Crippen LogP contribution >= 0.6 is 0 Å². The van der Waals surface area contributed by atoms with Crippen LogP contribution in [0.4, 0.5) is 0 Å². The second-order valence-electron chi connectivity index (χ2n) is 2.29. The van der Waals surface area contributed by atoms with Crippen LogP contribution < -0.4 is 37.2 Å². The maximum atomic E-state index is 10.5. The van der Waals surface area contributed by atoms with E-state index in [1.807, 2.05) is 6.92 Å². The fourth-order valence-corrected chi connectivity index (χ4v) is 1.19. The minimum absolute atomic E-state index is 0. The third-order valence-corrected chi connectivity index (χ3v) is 2.19. The molecule has 1 radical (unpaired) electrons. The average Bonchev–Trinajstić information content (AvgIpc) is 1.86. The first-order chi connectivity index (χ1) is 5.00. The molecule has 0 aliphatic rings. The van der Waals surface area contributed by atoms with E-state index in [2.05, 4.69) is 0 Å². The van der Waals surface area contributed by atoms with Gasteiger partial charge in [-0.3, -0.25) is 4.55 Å². The summed E-state index contributed by atoms with van der Waals surface area (Å²) < 4.78 is 29.6. The standard InChI is InChI=1S/C7H8O3S.3ClH.Fe.H2O/c1-6-2-4-7(5-3-6)11(8,9)10;;;;;/h2-5H,1H3,(H,8,9,10);3*1H;;1H2/q;;;;+3;/p-3. The zero-order valence-electron chi connectivity index (χ0n) is 7.97. The Morgan fingerprint density at radius 2 is 1.31 bits per heavy atom. The molecule has 16 heavy (non-hydrogen) atoms. The summed E-state index contributed by atoms with van der Waals surface area (Å²) in [6, 6.07) is 5.99. The molecule has 0 atom stereocenters. The van der Waals surface area contributed by atoms with Crippen LogP contribution in [-0.4, -0.2) is 18.4 Å². The molecule has 0 saturated carbocycles. The van der Waals surface area contributed by atoms with Crippen LogP contribution in [0, 0.1) is 6.92 Å². The summed E-state index contributed by atoms with van der Waals surface area (Å²) in [4.78, 5) is -0.0666. The van der Waals surface area contributed by atoms with Gasteiger partial charge in [0.2, 0.25) is 0 Å². The molecule has 3 N–H and O–H groups in total. The maximum absolute atomic E-state index is 10.5. The smallest absolute Gasteiger partial charge is 1.00 e. The van der Waals surface area contributed by atoms with Gasteiger partial charge >= 0.3 is 17.1 Å². The molecule has 0 unspecified atom stereocenters. The molecule has 0 fully saturated rings. The number of halogens is 3. The molecular formula is C7H10Cl3FeO4S. The van der Waals surface area contributed by atoms with E-state index in [1.54, 1.807) is 12.1 Å². The maximum Gasteiger partial charge on any atom is 3.00 e. The number of hydrogen-bond acceptors (Lipinski definition) is 2. The van der Waals surface area contributed by atoms with E-state index in [0.717, 1.165) is 5.56 Å². The van der Waals surface area contributed by atoms with Gasteiger partial charge in [-0.15, -0.1) is 0 Å². The first-order valence-electron chi connectivity index (χ1n) is 3.04. The Bertz CT molecular complexity index is 354. The van der Waals surface area contributed by atoms with Crippen LogP contribution in [0.5, 0.6) is 0 Å². The van der Waals surface area contributed by atoms with Gasteiger partial charge in [0.1, 0.15) is 0 Å². The van der Waals surface area contributed by atoms with Crippen LogP contribution in [0.25, 0.3) is 0 Å².